The average Bonchev–Trinajstić information content (AvgIpc) is 2.95. The van der Waals surface area contributed by atoms with Gasteiger partial charge < -0.3 is 9.15 Å². The molecule has 0 amide bonds. The third-order valence-electron chi connectivity index (χ3n) is 3.65. The van der Waals surface area contributed by atoms with Crippen LogP contribution >= 0.6 is 0 Å². The van der Waals surface area contributed by atoms with Crippen molar-refractivity contribution in [2.75, 3.05) is 7.11 Å². The van der Waals surface area contributed by atoms with Crippen molar-refractivity contribution < 1.29 is 9.15 Å². The summed E-state index contributed by atoms with van der Waals surface area (Å²) in [5.41, 5.74) is 2.44. The fraction of sp³-hybridized carbons (Fsp3) is 0.444. The number of rotatable bonds is 8. The van der Waals surface area contributed by atoms with Crippen LogP contribution in [0.5, 0.6) is 5.75 Å². The lowest BCUT2D eigenvalue weighted by Crippen LogP contribution is -1.88. The first kappa shape index (κ1) is 14.7. The Labute approximate surface area is 121 Å². The topological polar surface area (TPSA) is 22.4 Å². The Morgan fingerprint density at radius 3 is 2.40 bits per heavy atom. The maximum atomic E-state index is 5.66. The summed E-state index contributed by atoms with van der Waals surface area (Å²) in [5, 5.41) is 0. The molecule has 0 aliphatic heterocycles. The average molecular weight is 272 g/mol. The SMILES string of the molecule is CCCCCCCc1ccoc1-c1ccc(OC)cc1. The molecule has 1 aromatic heterocycles. The minimum atomic E-state index is 0.876. The first-order valence-corrected chi connectivity index (χ1v) is 7.56. The largest absolute Gasteiger partial charge is 0.497 e. The molecule has 0 radical (unpaired) electrons. The quantitative estimate of drug-likeness (QED) is 0.595. The van der Waals surface area contributed by atoms with Crippen molar-refractivity contribution in [3.8, 4) is 17.1 Å². The van der Waals surface area contributed by atoms with Crippen molar-refractivity contribution >= 4 is 0 Å². The second-order valence-corrected chi connectivity index (χ2v) is 5.17. The second-order valence-electron chi connectivity index (χ2n) is 5.17. The highest BCUT2D eigenvalue weighted by Gasteiger charge is 2.08. The zero-order valence-corrected chi connectivity index (χ0v) is 12.5. The monoisotopic (exact) mass is 272 g/mol. The minimum Gasteiger partial charge on any atom is -0.497 e. The van der Waals surface area contributed by atoms with Crippen LogP contribution in [0.25, 0.3) is 11.3 Å². The van der Waals surface area contributed by atoms with Gasteiger partial charge in [0.15, 0.2) is 0 Å². The Hall–Kier alpha value is -1.70. The lowest BCUT2D eigenvalue weighted by Gasteiger charge is -2.04. The third kappa shape index (κ3) is 3.89. The number of hydrogen-bond acceptors (Lipinski definition) is 2. The van der Waals surface area contributed by atoms with Crippen LogP contribution in [0.15, 0.2) is 41.0 Å². The predicted molar refractivity (Wildman–Crippen MR) is 83.2 cm³/mol. The summed E-state index contributed by atoms with van der Waals surface area (Å²) >= 11 is 0. The van der Waals surface area contributed by atoms with Gasteiger partial charge in [0.2, 0.25) is 0 Å². The molecule has 0 atom stereocenters. The van der Waals surface area contributed by atoms with E-state index in [1.54, 1.807) is 13.4 Å². The number of benzene rings is 1. The van der Waals surface area contributed by atoms with Gasteiger partial charge in [-0.1, -0.05) is 32.6 Å². The number of methoxy groups -OCH3 is 1. The highest BCUT2D eigenvalue weighted by Crippen LogP contribution is 2.28. The van der Waals surface area contributed by atoms with Gasteiger partial charge in [-0.15, -0.1) is 0 Å². The summed E-state index contributed by atoms with van der Waals surface area (Å²) < 4.78 is 10.9. The normalized spacial score (nSPS) is 10.7. The van der Waals surface area contributed by atoms with Crippen LogP contribution in [0, 0.1) is 0 Å². The van der Waals surface area contributed by atoms with E-state index in [-0.39, 0.29) is 0 Å². The predicted octanol–water partition coefficient (Wildman–Crippen LogP) is 5.47. The first-order chi connectivity index (χ1) is 9.85. The molecule has 2 heteroatoms. The number of unbranched alkanes of at least 4 members (excludes halogenated alkanes) is 4. The standard InChI is InChI=1S/C18H24O2/c1-3-4-5-6-7-8-15-13-14-20-18(15)16-9-11-17(19-2)12-10-16/h9-14H,3-8H2,1-2H3. The highest BCUT2D eigenvalue weighted by atomic mass is 16.5. The van der Waals surface area contributed by atoms with Crippen LogP contribution in [0.4, 0.5) is 0 Å². The minimum absolute atomic E-state index is 0.876. The molecule has 108 valence electrons. The Morgan fingerprint density at radius 2 is 1.70 bits per heavy atom. The molecular weight excluding hydrogens is 248 g/mol. The number of aryl methyl sites for hydroxylation is 1. The highest BCUT2D eigenvalue weighted by molar-refractivity contribution is 5.62. The van der Waals surface area contributed by atoms with Crippen LogP contribution < -0.4 is 4.74 Å². The van der Waals surface area contributed by atoms with E-state index in [0.29, 0.717) is 0 Å². The van der Waals surface area contributed by atoms with Crippen LogP contribution in [0.1, 0.15) is 44.6 Å². The van der Waals surface area contributed by atoms with Gasteiger partial charge in [-0.3, -0.25) is 0 Å². The molecule has 0 saturated carbocycles. The molecule has 0 N–H and O–H groups in total. The second kappa shape index (κ2) is 7.78. The molecule has 0 fully saturated rings. The van der Waals surface area contributed by atoms with Crippen molar-refractivity contribution in [3.05, 3.63) is 42.2 Å². The summed E-state index contributed by atoms with van der Waals surface area (Å²) in [7, 11) is 1.68. The molecule has 2 rings (SSSR count). The summed E-state index contributed by atoms with van der Waals surface area (Å²) in [5.74, 6) is 1.88. The van der Waals surface area contributed by atoms with Crippen molar-refractivity contribution in [3.63, 3.8) is 0 Å². The van der Waals surface area contributed by atoms with Crippen LogP contribution in [-0.4, -0.2) is 7.11 Å². The maximum Gasteiger partial charge on any atom is 0.137 e. The first-order valence-electron chi connectivity index (χ1n) is 7.56. The Morgan fingerprint density at radius 1 is 0.950 bits per heavy atom. The molecule has 1 heterocycles. The van der Waals surface area contributed by atoms with Gasteiger partial charge in [0, 0.05) is 5.56 Å². The van der Waals surface area contributed by atoms with Gasteiger partial charge in [-0.2, -0.15) is 0 Å². The zero-order valence-electron chi connectivity index (χ0n) is 12.5. The Balaban J connectivity index is 1.96. The lowest BCUT2D eigenvalue weighted by atomic mass is 10.0. The van der Waals surface area contributed by atoms with Gasteiger partial charge in [0.05, 0.1) is 13.4 Å². The summed E-state index contributed by atoms with van der Waals surface area (Å²) in [6.45, 7) is 2.25. The Kier molecular flexibility index (Phi) is 5.72. The summed E-state index contributed by atoms with van der Waals surface area (Å²) in [6.07, 6.45) is 9.41. The fourth-order valence-electron chi connectivity index (χ4n) is 2.45. The molecule has 20 heavy (non-hydrogen) atoms. The van der Waals surface area contributed by atoms with E-state index < -0.39 is 0 Å². The fourth-order valence-corrected chi connectivity index (χ4v) is 2.45. The van der Waals surface area contributed by atoms with E-state index in [0.717, 1.165) is 23.5 Å². The van der Waals surface area contributed by atoms with Crippen LogP contribution in [0.3, 0.4) is 0 Å². The van der Waals surface area contributed by atoms with Crippen molar-refractivity contribution in [2.45, 2.75) is 45.4 Å². The molecular formula is C18H24O2. The van der Waals surface area contributed by atoms with Crippen molar-refractivity contribution in [1.29, 1.82) is 0 Å². The maximum absolute atomic E-state index is 5.66. The van der Waals surface area contributed by atoms with Crippen LogP contribution in [-0.2, 0) is 6.42 Å². The van der Waals surface area contributed by atoms with Crippen molar-refractivity contribution in [2.24, 2.45) is 0 Å². The van der Waals surface area contributed by atoms with Gasteiger partial charge in [-0.25, -0.2) is 0 Å². The molecule has 0 unspecified atom stereocenters. The van der Waals surface area contributed by atoms with E-state index in [2.05, 4.69) is 25.1 Å². The number of furan rings is 1. The molecule has 2 aromatic rings. The van der Waals surface area contributed by atoms with E-state index in [9.17, 15) is 0 Å². The van der Waals surface area contributed by atoms with Crippen molar-refractivity contribution in [1.82, 2.24) is 0 Å². The van der Waals surface area contributed by atoms with E-state index in [1.165, 1.54) is 37.7 Å². The molecule has 2 nitrogen and oxygen atoms in total. The molecule has 0 spiro atoms. The zero-order chi connectivity index (χ0) is 14.2. The smallest absolute Gasteiger partial charge is 0.137 e. The molecule has 1 aromatic carbocycles. The van der Waals surface area contributed by atoms with Gasteiger partial charge in [0.1, 0.15) is 11.5 Å². The number of hydrogen-bond donors (Lipinski definition) is 0. The molecule has 0 saturated heterocycles. The summed E-state index contributed by atoms with van der Waals surface area (Å²) in [4.78, 5) is 0. The Bertz CT molecular complexity index is 496. The van der Waals surface area contributed by atoms with Crippen LogP contribution in [0.2, 0.25) is 0 Å². The van der Waals surface area contributed by atoms with E-state index >= 15 is 0 Å². The van der Waals surface area contributed by atoms with Gasteiger partial charge in [-0.05, 0) is 48.7 Å². The van der Waals surface area contributed by atoms with Gasteiger partial charge >= 0.3 is 0 Å². The van der Waals surface area contributed by atoms with Gasteiger partial charge in [0.25, 0.3) is 0 Å². The summed E-state index contributed by atoms with van der Waals surface area (Å²) in [6, 6.07) is 10.2. The van der Waals surface area contributed by atoms with E-state index in [4.69, 9.17) is 9.15 Å². The molecule has 0 aliphatic carbocycles. The molecule has 0 aliphatic rings. The third-order valence-corrected chi connectivity index (χ3v) is 3.65. The van der Waals surface area contributed by atoms with E-state index in [1.807, 2.05) is 12.1 Å². The molecule has 0 bridgehead atoms. The lowest BCUT2D eigenvalue weighted by molar-refractivity contribution is 0.415. The number of ether oxygens (including phenoxy) is 1.